The molecule has 0 spiro atoms. The van der Waals surface area contributed by atoms with Crippen LogP contribution in [0.25, 0.3) is 0 Å². The molecule has 0 aliphatic carbocycles. The highest BCUT2D eigenvalue weighted by Gasteiger charge is 2.42. The predicted octanol–water partition coefficient (Wildman–Crippen LogP) is 3.40. The summed E-state index contributed by atoms with van der Waals surface area (Å²) in [6, 6.07) is 4.91. The van der Waals surface area contributed by atoms with E-state index in [4.69, 9.17) is 23.2 Å². The van der Waals surface area contributed by atoms with Crippen molar-refractivity contribution >= 4 is 29.2 Å². The van der Waals surface area contributed by atoms with Crippen LogP contribution in [0.4, 0.5) is 4.79 Å². The minimum atomic E-state index is -0.351. The van der Waals surface area contributed by atoms with Crippen LogP contribution < -0.4 is 5.32 Å². The monoisotopic (exact) mass is 387 g/mol. The molecule has 0 radical (unpaired) electrons. The van der Waals surface area contributed by atoms with Gasteiger partial charge < -0.3 is 20.2 Å². The number of urea groups is 1. The number of likely N-dealkylation sites (tertiary alicyclic amines) is 1. The Morgan fingerprint density at radius 3 is 2.84 bits per heavy atom. The van der Waals surface area contributed by atoms with Crippen molar-refractivity contribution in [3.63, 3.8) is 0 Å². The Kier molecular flexibility index (Phi) is 6.60. The zero-order valence-electron chi connectivity index (χ0n) is 15.2. The molecule has 5 nitrogen and oxygen atoms in total. The van der Waals surface area contributed by atoms with Gasteiger partial charge >= 0.3 is 6.03 Å². The second-order valence-corrected chi connectivity index (χ2v) is 8.06. The van der Waals surface area contributed by atoms with E-state index in [0.29, 0.717) is 10.0 Å². The fourth-order valence-corrected chi connectivity index (χ4v) is 4.14. The van der Waals surface area contributed by atoms with Gasteiger partial charge in [0.1, 0.15) is 0 Å². The standard InChI is InChI=1S/C18H27Cl2N3O2/c1-12(13-6-5-7-14(19)16(13)20)21-17(25)23(4)15-8-9-22(3)10-18(15,2)11-24/h5-7,12,15,24H,8-11H2,1-4H3,(H,21,25). The average molecular weight is 388 g/mol. The van der Waals surface area contributed by atoms with Gasteiger partial charge in [-0.2, -0.15) is 0 Å². The van der Waals surface area contributed by atoms with Crippen molar-refractivity contribution in [3.8, 4) is 0 Å². The molecule has 1 saturated heterocycles. The van der Waals surface area contributed by atoms with Crippen molar-refractivity contribution in [1.29, 1.82) is 0 Å². The Bertz CT molecular complexity index is 628. The van der Waals surface area contributed by atoms with Crippen molar-refractivity contribution in [2.75, 3.05) is 33.8 Å². The lowest BCUT2D eigenvalue weighted by molar-refractivity contribution is -0.00827. The van der Waals surface area contributed by atoms with Crippen LogP contribution in [0, 0.1) is 5.41 Å². The molecule has 140 valence electrons. The van der Waals surface area contributed by atoms with E-state index in [0.717, 1.165) is 25.1 Å². The maximum Gasteiger partial charge on any atom is 0.317 e. The molecule has 2 rings (SSSR count). The Morgan fingerprint density at radius 1 is 1.52 bits per heavy atom. The Balaban J connectivity index is 2.10. The zero-order chi connectivity index (χ0) is 18.8. The van der Waals surface area contributed by atoms with E-state index < -0.39 is 0 Å². The molecule has 0 saturated carbocycles. The van der Waals surface area contributed by atoms with Gasteiger partial charge in [-0.15, -0.1) is 0 Å². The fourth-order valence-electron chi connectivity index (χ4n) is 3.67. The van der Waals surface area contributed by atoms with Gasteiger partial charge in [0.2, 0.25) is 0 Å². The summed E-state index contributed by atoms with van der Waals surface area (Å²) < 4.78 is 0. The lowest BCUT2D eigenvalue weighted by Crippen LogP contribution is -2.59. The summed E-state index contributed by atoms with van der Waals surface area (Å²) in [5.74, 6) is 0. The molecule has 1 heterocycles. The maximum absolute atomic E-state index is 12.8. The molecule has 1 fully saturated rings. The minimum absolute atomic E-state index is 0.0317. The van der Waals surface area contributed by atoms with Crippen molar-refractivity contribution < 1.29 is 9.90 Å². The molecular formula is C18H27Cl2N3O2. The first-order valence-corrected chi connectivity index (χ1v) is 9.22. The summed E-state index contributed by atoms with van der Waals surface area (Å²) in [4.78, 5) is 16.6. The maximum atomic E-state index is 12.8. The van der Waals surface area contributed by atoms with E-state index in [-0.39, 0.29) is 30.1 Å². The first-order chi connectivity index (χ1) is 11.7. The van der Waals surface area contributed by atoms with E-state index in [1.54, 1.807) is 18.0 Å². The summed E-state index contributed by atoms with van der Waals surface area (Å²) in [5.41, 5.74) is 0.431. The molecule has 0 bridgehead atoms. The molecule has 25 heavy (non-hydrogen) atoms. The molecule has 1 aromatic carbocycles. The van der Waals surface area contributed by atoms with Crippen LogP contribution in [-0.2, 0) is 0 Å². The van der Waals surface area contributed by atoms with Gasteiger partial charge in [0.25, 0.3) is 0 Å². The van der Waals surface area contributed by atoms with Gasteiger partial charge in [-0.25, -0.2) is 4.79 Å². The van der Waals surface area contributed by atoms with Crippen LogP contribution in [0.15, 0.2) is 18.2 Å². The van der Waals surface area contributed by atoms with Crippen LogP contribution in [0.2, 0.25) is 10.0 Å². The van der Waals surface area contributed by atoms with Gasteiger partial charge in [0.05, 0.1) is 22.7 Å². The molecule has 3 atom stereocenters. The zero-order valence-corrected chi connectivity index (χ0v) is 16.7. The third-order valence-corrected chi connectivity index (χ3v) is 5.99. The van der Waals surface area contributed by atoms with Gasteiger partial charge in [-0.05, 0) is 38.6 Å². The average Bonchev–Trinajstić information content (AvgIpc) is 2.56. The summed E-state index contributed by atoms with van der Waals surface area (Å²) in [6.07, 6.45) is 0.823. The second kappa shape index (κ2) is 8.12. The first-order valence-electron chi connectivity index (χ1n) is 8.46. The highest BCUT2D eigenvalue weighted by molar-refractivity contribution is 6.42. The molecule has 0 aromatic heterocycles. The molecule has 2 N–H and O–H groups in total. The molecule has 1 aliphatic heterocycles. The lowest BCUT2D eigenvalue weighted by atomic mass is 9.77. The number of benzene rings is 1. The quantitative estimate of drug-likeness (QED) is 0.831. The highest BCUT2D eigenvalue weighted by Crippen LogP contribution is 2.33. The SMILES string of the molecule is CC(NC(=O)N(C)C1CCN(C)CC1(C)CO)c1cccc(Cl)c1Cl. The summed E-state index contributed by atoms with van der Waals surface area (Å²) in [6.45, 7) is 5.59. The number of carbonyl (C=O) groups excluding carboxylic acids is 1. The van der Waals surface area contributed by atoms with E-state index in [9.17, 15) is 9.90 Å². The third kappa shape index (κ3) is 4.40. The van der Waals surface area contributed by atoms with E-state index in [2.05, 4.69) is 10.2 Å². The van der Waals surface area contributed by atoms with Crippen LogP contribution >= 0.6 is 23.2 Å². The van der Waals surface area contributed by atoms with Crippen LogP contribution in [0.5, 0.6) is 0 Å². The minimum Gasteiger partial charge on any atom is -0.396 e. The van der Waals surface area contributed by atoms with E-state index in [1.165, 1.54) is 0 Å². The molecule has 7 heteroatoms. The van der Waals surface area contributed by atoms with Crippen molar-refractivity contribution in [1.82, 2.24) is 15.1 Å². The van der Waals surface area contributed by atoms with Crippen molar-refractivity contribution in [2.24, 2.45) is 5.41 Å². The topological polar surface area (TPSA) is 55.8 Å². The van der Waals surface area contributed by atoms with Crippen molar-refractivity contribution in [2.45, 2.75) is 32.4 Å². The molecule has 1 aromatic rings. The molecule has 2 amide bonds. The number of aliphatic hydroxyl groups is 1. The number of amides is 2. The lowest BCUT2D eigenvalue weighted by Gasteiger charge is -2.48. The number of carbonyl (C=O) groups is 1. The number of nitrogens with one attached hydrogen (secondary N) is 1. The smallest absolute Gasteiger partial charge is 0.317 e. The van der Waals surface area contributed by atoms with Crippen molar-refractivity contribution in [3.05, 3.63) is 33.8 Å². The van der Waals surface area contributed by atoms with E-state index in [1.807, 2.05) is 33.0 Å². The van der Waals surface area contributed by atoms with Gasteiger partial charge in [0.15, 0.2) is 0 Å². The molecule has 1 aliphatic rings. The van der Waals surface area contributed by atoms with Crippen LogP contribution in [0.3, 0.4) is 0 Å². The number of piperidine rings is 1. The van der Waals surface area contributed by atoms with Gasteiger partial charge in [-0.1, -0.05) is 42.3 Å². The summed E-state index contributed by atoms with van der Waals surface area (Å²) in [5, 5.41) is 13.8. The highest BCUT2D eigenvalue weighted by atomic mass is 35.5. The normalized spacial score (nSPS) is 25.5. The first kappa shape index (κ1) is 20.3. The molecular weight excluding hydrogens is 361 g/mol. The number of hydrogen-bond donors (Lipinski definition) is 2. The number of rotatable bonds is 4. The van der Waals surface area contributed by atoms with Gasteiger partial charge in [-0.3, -0.25) is 0 Å². The summed E-state index contributed by atoms with van der Waals surface area (Å²) >= 11 is 12.3. The Labute approximate surface area is 159 Å². The predicted molar refractivity (Wildman–Crippen MR) is 102 cm³/mol. The second-order valence-electron chi connectivity index (χ2n) is 7.28. The molecule has 3 unspecified atom stereocenters. The number of hydrogen-bond acceptors (Lipinski definition) is 3. The van der Waals surface area contributed by atoms with E-state index >= 15 is 0 Å². The largest absolute Gasteiger partial charge is 0.396 e. The summed E-state index contributed by atoms with van der Waals surface area (Å²) in [7, 11) is 3.82. The van der Waals surface area contributed by atoms with Crippen LogP contribution in [0.1, 0.15) is 31.9 Å². The van der Waals surface area contributed by atoms with Crippen LogP contribution in [-0.4, -0.2) is 60.8 Å². The fraction of sp³-hybridized carbons (Fsp3) is 0.611. The third-order valence-electron chi connectivity index (χ3n) is 5.16. The number of aliphatic hydroxyl groups excluding tert-OH is 1. The van der Waals surface area contributed by atoms with Gasteiger partial charge in [0, 0.05) is 25.0 Å². The number of halogens is 2. The number of nitrogens with zero attached hydrogens (tertiary/aromatic N) is 2. The Hall–Kier alpha value is -1.01. The Morgan fingerprint density at radius 2 is 2.20 bits per heavy atom.